The van der Waals surface area contributed by atoms with Gasteiger partial charge in [0.15, 0.2) is 0 Å². The molecule has 1 heterocycles. The summed E-state index contributed by atoms with van der Waals surface area (Å²) in [4.78, 5) is 14.4. The van der Waals surface area contributed by atoms with Crippen LogP contribution in [0.4, 0.5) is 4.79 Å². The van der Waals surface area contributed by atoms with Gasteiger partial charge in [0, 0.05) is 52.3 Å². The van der Waals surface area contributed by atoms with Crippen LogP contribution < -0.4 is 9.47 Å². The van der Waals surface area contributed by atoms with E-state index in [-0.39, 0.29) is 6.09 Å². The summed E-state index contributed by atoms with van der Waals surface area (Å²) >= 11 is 12.6. The third kappa shape index (κ3) is 4.86. The van der Waals surface area contributed by atoms with Gasteiger partial charge in [-0.3, -0.25) is 0 Å². The van der Waals surface area contributed by atoms with Crippen molar-refractivity contribution in [3.8, 4) is 22.6 Å². The summed E-state index contributed by atoms with van der Waals surface area (Å²) in [7, 11) is 1.63. The van der Waals surface area contributed by atoms with Gasteiger partial charge in [0.1, 0.15) is 11.5 Å². The van der Waals surface area contributed by atoms with Gasteiger partial charge in [0.25, 0.3) is 0 Å². The monoisotopic (exact) mass is 496 g/mol. The number of halogens is 2. The predicted molar refractivity (Wildman–Crippen MR) is 138 cm³/mol. The summed E-state index contributed by atoms with van der Waals surface area (Å²) in [5.74, 6) is 1.26. The molecule has 0 radical (unpaired) electrons. The number of rotatable bonds is 7. The van der Waals surface area contributed by atoms with E-state index in [2.05, 4.69) is 4.57 Å². The van der Waals surface area contributed by atoms with E-state index >= 15 is 0 Å². The van der Waals surface area contributed by atoms with Crippen molar-refractivity contribution in [1.29, 1.82) is 0 Å². The van der Waals surface area contributed by atoms with Crippen molar-refractivity contribution in [3.63, 3.8) is 0 Å². The number of amides is 1. The van der Waals surface area contributed by atoms with E-state index in [1.807, 2.05) is 68.6 Å². The lowest BCUT2D eigenvalue weighted by Gasteiger charge is -2.20. The lowest BCUT2D eigenvalue weighted by molar-refractivity contribution is 0.157. The lowest BCUT2D eigenvalue weighted by Crippen LogP contribution is -2.33. The second-order valence-electron chi connectivity index (χ2n) is 7.82. The van der Waals surface area contributed by atoms with Crippen LogP contribution in [-0.4, -0.2) is 35.8 Å². The second-order valence-corrected chi connectivity index (χ2v) is 8.66. The average molecular weight is 497 g/mol. The Kier molecular flexibility index (Phi) is 7.35. The van der Waals surface area contributed by atoms with E-state index < -0.39 is 0 Å². The second kappa shape index (κ2) is 10.4. The molecule has 5 nitrogen and oxygen atoms in total. The van der Waals surface area contributed by atoms with Crippen LogP contribution in [-0.2, 0) is 6.54 Å². The first-order valence-electron chi connectivity index (χ1n) is 11.1. The van der Waals surface area contributed by atoms with E-state index in [4.69, 9.17) is 32.7 Å². The summed E-state index contributed by atoms with van der Waals surface area (Å²) in [6.07, 6.45) is 1.63. The predicted octanol–water partition coefficient (Wildman–Crippen LogP) is 7.51. The van der Waals surface area contributed by atoms with Crippen molar-refractivity contribution in [2.45, 2.75) is 20.4 Å². The molecule has 0 N–H and O–H groups in total. The number of methoxy groups -OCH3 is 1. The Morgan fingerprint density at radius 2 is 1.71 bits per heavy atom. The summed E-state index contributed by atoms with van der Waals surface area (Å²) in [5, 5.41) is 2.26. The number of carbonyl (C=O) groups excluding carboxylic acids is 1. The Morgan fingerprint density at radius 3 is 2.38 bits per heavy atom. The normalized spacial score (nSPS) is 11.0. The summed E-state index contributed by atoms with van der Waals surface area (Å²) < 4.78 is 13.3. The molecular formula is C27H26Cl2N2O3. The molecule has 4 aromatic rings. The molecular weight excluding hydrogens is 471 g/mol. The zero-order chi connectivity index (χ0) is 24.2. The van der Waals surface area contributed by atoms with Gasteiger partial charge in [0.05, 0.1) is 7.11 Å². The fourth-order valence-corrected chi connectivity index (χ4v) is 4.39. The molecule has 176 valence electrons. The maximum atomic E-state index is 12.8. The SMILES string of the molecule is CCN(CC)C(=O)Oc1ccc2c(ccn2Cc2cc(Cl)ccc2Cl)c1-c1ccc(OC)cc1. The molecule has 0 aliphatic heterocycles. The minimum Gasteiger partial charge on any atom is -0.497 e. The number of benzene rings is 3. The molecule has 34 heavy (non-hydrogen) atoms. The van der Waals surface area contributed by atoms with Crippen molar-refractivity contribution in [3.05, 3.63) is 82.5 Å². The number of ether oxygens (including phenoxy) is 2. The average Bonchev–Trinajstić information content (AvgIpc) is 3.25. The largest absolute Gasteiger partial charge is 0.497 e. The molecule has 0 saturated heterocycles. The van der Waals surface area contributed by atoms with Crippen LogP contribution in [0.2, 0.25) is 10.0 Å². The molecule has 0 unspecified atom stereocenters. The first-order chi connectivity index (χ1) is 16.4. The standard InChI is InChI=1S/C27H26Cl2N2O3/c1-4-30(5-2)27(32)34-25-13-12-24-22(26(25)18-6-9-21(33-3)10-7-18)14-15-31(24)17-19-16-20(28)8-11-23(19)29/h6-16H,4-5,17H2,1-3H3. The van der Waals surface area contributed by atoms with E-state index in [0.29, 0.717) is 35.4 Å². The highest BCUT2D eigenvalue weighted by atomic mass is 35.5. The Balaban J connectivity index is 1.82. The van der Waals surface area contributed by atoms with E-state index in [9.17, 15) is 4.79 Å². The van der Waals surface area contributed by atoms with Crippen molar-refractivity contribution in [2.24, 2.45) is 0 Å². The fraction of sp³-hybridized carbons (Fsp3) is 0.222. The van der Waals surface area contributed by atoms with Crippen molar-refractivity contribution >= 4 is 40.2 Å². The number of aromatic nitrogens is 1. The van der Waals surface area contributed by atoms with Crippen molar-refractivity contribution in [2.75, 3.05) is 20.2 Å². The van der Waals surface area contributed by atoms with Gasteiger partial charge in [-0.2, -0.15) is 0 Å². The Hall–Kier alpha value is -3.15. The van der Waals surface area contributed by atoms with Crippen molar-refractivity contribution < 1.29 is 14.3 Å². The third-order valence-electron chi connectivity index (χ3n) is 5.86. The fourth-order valence-electron chi connectivity index (χ4n) is 4.02. The number of hydrogen-bond acceptors (Lipinski definition) is 3. The maximum absolute atomic E-state index is 12.8. The highest BCUT2D eigenvalue weighted by Gasteiger charge is 2.19. The van der Waals surface area contributed by atoms with Crippen LogP contribution in [0.1, 0.15) is 19.4 Å². The molecule has 0 fully saturated rings. The van der Waals surface area contributed by atoms with Gasteiger partial charge in [0.2, 0.25) is 0 Å². The quantitative estimate of drug-likeness (QED) is 0.265. The van der Waals surface area contributed by atoms with Crippen LogP contribution in [0.5, 0.6) is 11.5 Å². The maximum Gasteiger partial charge on any atom is 0.415 e. The smallest absolute Gasteiger partial charge is 0.415 e. The molecule has 0 bridgehead atoms. The molecule has 7 heteroatoms. The lowest BCUT2D eigenvalue weighted by atomic mass is 10.0. The zero-order valence-corrected chi connectivity index (χ0v) is 20.9. The molecule has 4 rings (SSSR count). The number of hydrogen-bond donors (Lipinski definition) is 0. The van der Waals surface area contributed by atoms with Crippen molar-refractivity contribution in [1.82, 2.24) is 9.47 Å². The van der Waals surface area contributed by atoms with Gasteiger partial charge < -0.3 is 18.9 Å². The first kappa shape index (κ1) is 24.0. The van der Waals surface area contributed by atoms with Crippen LogP contribution in [0, 0.1) is 0 Å². The molecule has 3 aromatic carbocycles. The molecule has 0 aliphatic rings. The highest BCUT2D eigenvalue weighted by Crippen LogP contribution is 2.39. The van der Waals surface area contributed by atoms with Gasteiger partial charge in [-0.1, -0.05) is 35.3 Å². The van der Waals surface area contributed by atoms with Gasteiger partial charge >= 0.3 is 6.09 Å². The van der Waals surface area contributed by atoms with Crippen LogP contribution in [0.15, 0.2) is 66.9 Å². The van der Waals surface area contributed by atoms with E-state index in [1.165, 1.54) is 0 Å². The number of nitrogens with zero attached hydrogens (tertiary/aromatic N) is 2. The molecule has 0 saturated carbocycles. The zero-order valence-electron chi connectivity index (χ0n) is 19.3. The number of carbonyl (C=O) groups is 1. The van der Waals surface area contributed by atoms with Gasteiger partial charge in [-0.15, -0.1) is 0 Å². The van der Waals surface area contributed by atoms with Gasteiger partial charge in [-0.25, -0.2) is 4.79 Å². The summed E-state index contributed by atoms with van der Waals surface area (Å²) in [6, 6.07) is 19.0. The van der Waals surface area contributed by atoms with E-state index in [0.717, 1.165) is 33.3 Å². The Bertz CT molecular complexity index is 1310. The summed E-state index contributed by atoms with van der Waals surface area (Å²) in [6.45, 7) is 5.57. The topological polar surface area (TPSA) is 43.7 Å². The Labute approximate surface area is 209 Å². The molecule has 0 spiro atoms. The highest BCUT2D eigenvalue weighted by molar-refractivity contribution is 6.33. The van der Waals surface area contributed by atoms with Crippen LogP contribution in [0.3, 0.4) is 0 Å². The molecule has 0 aliphatic carbocycles. The van der Waals surface area contributed by atoms with E-state index in [1.54, 1.807) is 24.1 Å². The number of fused-ring (bicyclic) bond motifs is 1. The molecule has 0 atom stereocenters. The van der Waals surface area contributed by atoms with Gasteiger partial charge in [-0.05, 0) is 73.5 Å². The Morgan fingerprint density at radius 1 is 0.971 bits per heavy atom. The minimum absolute atomic E-state index is 0.371. The minimum atomic E-state index is -0.371. The first-order valence-corrected chi connectivity index (χ1v) is 11.9. The molecule has 1 amide bonds. The molecule has 1 aromatic heterocycles. The van der Waals surface area contributed by atoms with Crippen LogP contribution in [0.25, 0.3) is 22.0 Å². The third-order valence-corrected chi connectivity index (χ3v) is 6.46. The van der Waals surface area contributed by atoms with Crippen LogP contribution >= 0.6 is 23.2 Å². The summed E-state index contributed by atoms with van der Waals surface area (Å²) in [5.41, 5.74) is 3.68.